The number of aryl methyl sites for hydroxylation is 1. The Hall–Kier alpha value is -1.68. The van der Waals surface area contributed by atoms with Crippen LogP contribution in [0.2, 0.25) is 0 Å². The quantitative estimate of drug-likeness (QED) is 0.337. The number of nitrogens with one attached hydrogen (secondary N) is 2. The molecule has 0 saturated heterocycles. The fraction of sp³-hybridized carbons (Fsp3) is 0.636. The van der Waals surface area contributed by atoms with E-state index in [1.54, 1.807) is 0 Å². The van der Waals surface area contributed by atoms with E-state index in [0.717, 1.165) is 12.8 Å². The highest BCUT2D eigenvalue weighted by molar-refractivity contribution is 5.95. The first kappa shape index (κ1) is 24.3. The predicted molar refractivity (Wildman–Crippen MR) is 113 cm³/mol. The molecule has 0 bridgehead atoms. The van der Waals surface area contributed by atoms with Crippen molar-refractivity contribution < 1.29 is 4.79 Å². The second kappa shape index (κ2) is 16.8. The van der Waals surface area contributed by atoms with Crippen LogP contribution in [0.3, 0.4) is 0 Å². The van der Waals surface area contributed by atoms with Crippen molar-refractivity contribution in [3.63, 3.8) is 0 Å². The van der Waals surface area contributed by atoms with Crippen LogP contribution in [-0.2, 0) is 6.42 Å². The van der Waals surface area contributed by atoms with Crippen LogP contribution in [0.4, 0.5) is 0 Å². The van der Waals surface area contributed by atoms with Gasteiger partial charge in [0, 0.05) is 11.8 Å². The number of benzene rings is 1. The third-order valence-corrected chi connectivity index (χ3v) is 4.49. The molecule has 1 aromatic carbocycles. The van der Waals surface area contributed by atoms with Crippen LogP contribution in [0.5, 0.6) is 0 Å². The molecule has 0 fully saturated rings. The van der Waals surface area contributed by atoms with Crippen molar-refractivity contribution in [2.75, 3.05) is 7.05 Å². The van der Waals surface area contributed by atoms with E-state index in [1.165, 1.54) is 70.2 Å². The molecule has 1 amide bonds. The van der Waals surface area contributed by atoms with Gasteiger partial charge in [0.05, 0.1) is 6.04 Å². The van der Waals surface area contributed by atoms with Gasteiger partial charge in [-0.3, -0.25) is 4.79 Å². The largest absolute Gasteiger partial charge is 0.344 e. The number of carbonyl (C=O) groups is 1. The van der Waals surface area contributed by atoms with E-state index in [1.807, 2.05) is 19.1 Å². The Morgan fingerprint density at radius 2 is 1.54 bits per heavy atom. The number of carbonyl (C=O) groups excluding carboxylic acids is 1. The topological polar surface area (TPSA) is 79.0 Å². The maximum atomic E-state index is 12.1. The fourth-order valence-corrected chi connectivity index (χ4v) is 2.80. The summed E-state index contributed by atoms with van der Waals surface area (Å²) in [5.74, 6) is -0.0935. The van der Waals surface area contributed by atoms with Gasteiger partial charge in [0.2, 0.25) is 0 Å². The molecular weight excluding hydrogens is 322 g/mol. The van der Waals surface area contributed by atoms with Crippen molar-refractivity contribution in [2.24, 2.45) is 5.73 Å². The van der Waals surface area contributed by atoms with Crippen molar-refractivity contribution in [3.05, 3.63) is 35.4 Å². The summed E-state index contributed by atoms with van der Waals surface area (Å²) >= 11 is 0. The van der Waals surface area contributed by atoms with Crippen LogP contribution in [0.15, 0.2) is 24.3 Å². The zero-order valence-electron chi connectivity index (χ0n) is 17.0. The van der Waals surface area contributed by atoms with E-state index in [-0.39, 0.29) is 11.9 Å². The average Bonchev–Trinajstić information content (AvgIpc) is 2.70. The molecule has 1 atom stereocenters. The average molecular weight is 362 g/mol. The highest BCUT2D eigenvalue weighted by Gasteiger charge is 2.09. The molecule has 0 aliphatic carbocycles. The zero-order chi connectivity index (χ0) is 19.6. The number of rotatable bonds is 13. The van der Waals surface area contributed by atoms with E-state index in [2.05, 4.69) is 30.1 Å². The highest BCUT2D eigenvalue weighted by Crippen LogP contribution is 2.12. The minimum atomic E-state index is -0.172. The lowest BCUT2D eigenvalue weighted by atomic mass is 10.0. The molecule has 0 aliphatic rings. The monoisotopic (exact) mass is 361 g/mol. The predicted octanol–water partition coefficient (Wildman–Crippen LogP) is 5.10. The summed E-state index contributed by atoms with van der Waals surface area (Å²) < 4.78 is 0. The molecule has 0 spiro atoms. The van der Waals surface area contributed by atoms with Crippen LogP contribution in [-0.4, -0.2) is 25.2 Å². The van der Waals surface area contributed by atoms with Crippen molar-refractivity contribution in [1.82, 2.24) is 5.32 Å². The minimum Gasteiger partial charge on any atom is -0.344 e. The number of hydrogen-bond acceptors (Lipinski definition) is 3. The maximum absolute atomic E-state index is 12.1. The van der Waals surface area contributed by atoms with Gasteiger partial charge >= 0.3 is 0 Å². The molecule has 4 nitrogen and oxygen atoms in total. The van der Waals surface area contributed by atoms with Crippen LogP contribution < -0.4 is 11.1 Å². The summed E-state index contributed by atoms with van der Waals surface area (Å²) in [6, 6.07) is 7.73. The van der Waals surface area contributed by atoms with Gasteiger partial charge in [0.1, 0.15) is 0 Å². The van der Waals surface area contributed by atoms with Gasteiger partial charge in [-0.25, -0.2) is 0 Å². The Balaban J connectivity index is 0.00000301. The Kier molecular flexibility index (Phi) is 15.7. The summed E-state index contributed by atoms with van der Waals surface area (Å²) in [5.41, 5.74) is 6.48. The van der Waals surface area contributed by atoms with Crippen LogP contribution in [0.1, 0.15) is 87.6 Å². The summed E-state index contributed by atoms with van der Waals surface area (Å²) in [6.07, 6.45) is 13.8. The Labute approximate surface area is 160 Å². The first-order valence-electron chi connectivity index (χ1n) is 10.2. The van der Waals surface area contributed by atoms with Gasteiger partial charge in [0.15, 0.2) is 0 Å². The molecule has 0 radical (unpaired) electrons. The zero-order valence-corrected chi connectivity index (χ0v) is 17.0. The van der Waals surface area contributed by atoms with Crippen LogP contribution in [0, 0.1) is 5.41 Å². The van der Waals surface area contributed by atoms with Gasteiger partial charge in [-0.2, -0.15) is 0 Å². The third kappa shape index (κ3) is 11.0. The first-order valence-corrected chi connectivity index (χ1v) is 10.2. The Morgan fingerprint density at radius 3 is 2.04 bits per heavy atom. The molecule has 4 heteroatoms. The molecular formula is C22H39N3O. The molecule has 1 unspecified atom stereocenters. The van der Waals surface area contributed by atoms with Gasteiger partial charge in [-0.1, -0.05) is 70.9 Å². The number of amides is 1. The number of hydrogen-bond donors (Lipinski definition) is 3. The minimum absolute atomic E-state index is 0.0935. The Bertz CT molecular complexity index is 471. The fourth-order valence-electron chi connectivity index (χ4n) is 2.80. The number of nitrogens with two attached hydrogens (primary N) is 1. The second-order valence-corrected chi connectivity index (χ2v) is 6.58. The number of unbranched alkanes of at least 4 members (excludes halogenated alkanes) is 7. The van der Waals surface area contributed by atoms with Crippen molar-refractivity contribution >= 4 is 12.1 Å². The second-order valence-electron chi connectivity index (χ2n) is 6.58. The Morgan fingerprint density at radius 1 is 1.00 bits per heavy atom. The molecule has 0 heterocycles. The highest BCUT2D eigenvalue weighted by atomic mass is 16.1. The molecule has 1 aromatic rings. The standard InChI is InChI=1S/C21H34N2O.CH5N/c1-3-5-6-7-8-9-10-11-12-18-13-15-19(16-14-18)21(24)23-20(4-2)17-22;1-2/h13-17,20,22H,3-12H2,1-2H3,(H,23,24);2H2,1H3. The lowest BCUT2D eigenvalue weighted by Crippen LogP contribution is -2.35. The van der Waals surface area contributed by atoms with Gasteiger partial charge in [0.25, 0.3) is 5.91 Å². The first-order chi connectivity index (χ1) is 12.7. The van der Waals surface area contributed by atoms with Gasteiger partial charge < -0.3 is 16.5 Å². The molecule has 148 valence electrons. The molecule has 26 heavy (non-hydrogen) atoms. The SMILES string of the molecule is CCCCCCCCCCc1ccc(C(=O)NC(C=N)CC)cc1.CN. The van der Waals surface area contributed by atoms with E-state index in [9.17, 15) is 4.79 Å². The van der Waals surface area contributed by atoms with Crippen molar-refractivity contribution in [2.45, 2.75) is 84.1 Å². The van der Waals surface area contributed by atoms with Crippen LogP contribution in [0.25, 0.3) is 0 Å². The molecule has 4 N–H and O–H groups in total. The summed E-state index contributed by atoms with van der Waals surface area (Å²) in [5, 5.41) is 10.1. The van der Waals surface area contributed by atoms with Gasteiger partial charge in [-0.15, -0.1) is 0 Å². The van der Waals surface area contributed by atoms with E-state index in [0.29, 0.717) is 5.56 Å². The van der Waals surface area contributed by atoms with Gasteiger partial charge in [-0.05, 0) is 44.0 Å². The lowest BCUT2D eigenvalue weighted by Gasteiger charge is -2.11. The normalized spacial score (nSPS) is 11.2. The molecule has 0 aliphatic heterocycles. The van der Waals surface area contributed by atoms with E-state index >= 15 is 0 Å². The lowest BCUT2D eigenvalue weighted by molar-refractivity contribution is 0.0947. The molecule has 0 saturated carbocycles. The smallest absolute Gasteiger partial charge is 0.251 e. The van der Waals surface area contributed by atoms with Crippen molar-refractivity contribution in [3.8, 4) is 0 Å². The third-order valence-electron chi connectivity index (χ3n) is 4.49. The maximum Gasteiger partial charge on any atom is 0.251 e. The summed E-state index contributed by atoms with van der Waals surface area (Å²) in [6.45, 7) is 4.22. The van der Waals surface area contributed by atoms with E-state index in [4.69, 9.17) is 5.41 Å². The summed E-state index contributed by atoms with van der Waals surface area (Å²) in [4.78, 5) is 12.1. The van der Waals surface area contributed by atoms with Crippen molar-refractivity contribution in [1.29, 1.82) is 5.41 Å². The van der Waals surface area contributed by atoms with E-state index < -0.39 is 0 Å². The molecule has 1 rings (SSSR count). The molecule has 0 aromatic heterocycles. The summed E-state index contributed by atoms with van der Waals surface area (Å²) in [7, 11) is 1.50. The van der Waals surface area contributed by atoms with Crippen LogP contribution >= 0.6 is 0 Å².